The second-order valence-corrected chi connectivity index (χ2v) is 18.2. The second kappa shape index (κ2) is 32.3. The minimum Gasteiger partial charge on any atom is -0.466 e. The van der Waals surface area contributed by atoms with Gasteiger partial charge < -0.3 is 28.5 Å². The molecule has 2 N–H and O–H groups in total. The normalized spacial score (nSPS) is 13.1. The lowest BCUT2D eigenvalue weighted by molar-refractivity contribution is -0.161. The lowest BCUT2D eigenvalue weighted by Gasteiger charge is -2.20. The van der Waals surface area contributed by atoms with Crippen LogP contribution in [0.2, 0.25) is 0 Å². The molecule has 12 heteroatoms. The molecule has 0 radical (unpaired) electrons. The number of phosphoric ester groups is 1. The molecule has 2 heterocycles. The van der Waals surface area contributed by atoms with Crippen LogP contribution in [0.4, 0.5) is 0 Å². The minimum absolute atomic E-state index is 0.0285. The van der Waals surface area contributed by atoms with Crippen molar-refractivity contribution in [2.75, 3.05) is 33.4 Å². The summed E-state index contributed by atoms with van der Waals surface area (Å²) >= 11 is 0. The van der Waals surface area contributed by atoms with Crippen molar-refractivity contribution < 1.29 is 46.4 Å². The molecule has 0 amide bonds. The molecule has 0 saturated heterocycles. The Kier molecular flexibility index (Phi) is 28.9. The van der Waals surface area contributed by atoms with Gasteiger partial charge in [0.25, 0.3) is 0 Å². The number of esters is 2. The molecule has 0 saturated carbocycles. The monoisotopic (exact) mass is 866 g/mol. The van der Waals surface area contributed by atoms with Crippen LogP contribution in [0.5, 0.6) is 0 Å². The van der Waals surface area contributed by atoms with Crippen molar-refractivity contribution in [2.45, 2.75) is 215 Å². The van der Waals surface area contributed by atoms with Crippen LogP contribution in [-0.4, -0.2) is 56.3 Å². The molecule has 2 aromatic heterocycles. The van der Waals surface area contributed by atoms with E-state index in [9.17, 15) is 19.0 Å². The number of nitrogens with one attached hydrogen (secondary N) is 1. The highest BCUT2D eigenvalue weighted by Crippen LogP contribution is 2.43. The smallest absolute Gasteiger partial charge is 0.466 e. The Bertz CT molecular complexity index is 1500. The Morgan fingerprint density at radius 1 is 0.567 bits per heavy atom. The molecule has 0 aliphatic heterocycles. The summed E-state index contributed by atoms with van der Waals surface area (Å²) in [4.78, 5) is 35.3. The van der Waals surface area contributed by atoms with Crippen molar-refractivity contribution in [3.8, 4) is 0 Å². The number of likely N-dealkylation sites (N-methyl/N-ethyl adjacent to an activating group) is 1. The van der Waals surface area contributed by atoms with Crippen LogP contribution in [0.1, 0.15) is 200 Å². The topological polar surface area (TPSA) is 147 Å². The van der Waals surface area contributed by atoms with Gasteiger partial charge in [-0.25, -0.2) is 4.57 Å². The van der Waals surface area contributed by atoms with E-state index >= 15 is 0 Å². The quantitative estimate of drug-likeness (QED) is 0.0378. The zero-order chi connectivity index (χ0) is 44.0. The molecule has 2 atom stereocenters. The molecule has 0 bridgehead atoms. The molecule has 346 valence electrons. The summed E-state index contributed by atoms with van der Waals surface area (Å²) in [6, 6.07) is 0. The van der Waals surface area contributed by atoms with Crippen LogP contribution in [0, 0.1) is 27.7 Å². The number of phosphoric acid groups is 1. The van der Waals surface area contributed by atoms with Crippen molar-refractivity contribution in [2.24, 2.45) is 0 Å². The molecule has 0 spiro atoms. The van der Waals surface area contributed by atoms with E-state index < -0.39 is 32.5 Å². The van der Waals surface area contributed by atoms with Gasteiger partial charge >= 0.3 is 19.8 Å². The summed E-state index contributed by atoms with van der Waals surface area (Å²) in [5, 5.41) is 2.83. The summed E-state index contributed by atoms with van der Waals surface area (Å²) in [6.45, 7) is 12.8. The third kappa shape index (κ3) is 23.1. The zero-order valence-corrected chi connectivity index (χ0v) is 39.8. The Labute approximate surface area is 363 Å². The lowest BCUT2D eigenvalue weighted by Crippen LogP contribution is -2.29. The average Bonchev–Trinajstić information content (AvgIpc) is 3.64. The standard InChI is InChI=1S/C48H84NO10P/c1-8-10-23-29-44-40(5)41(6)46(59-44)31-25-20-16-12-14-18-22-27-33-48(51)57-42(37-56-60(52,53)55-35-34-49-7)36-54-47(50)32-26-21-17-13-11-15-19-24-30-45-39(4)38(3)43(58-45)28-9-2/h42,49H,8-37H2,1-7H3,(H,52,53)/t42-/m1/s1. The minimum atomic E-state index is -4.37. The van der Waals surface area contributed by atoms with E-state index in [2.05, 4.69) is 46.9 Å². The maximum atomic E-state index is 12.7. The highest BCUT2D eigenvalue weighted by Gasteiger charge is 2.26. The van der Waals surface area contributed by atoms with Crippen molar-refractivity contribution in [3.63, 3.8) is 0 Å². The van der Waals surface area contributed by atoms with Crippen molar-refractivity contribution >= 4 is 19.8 Å². The number of furan rings is 2. The van der Waals surface area contributed by atoms with E-state index in [-0.39, 0.29) is 26.1 Å². The predicted octanol–water partition coefficient (Wildman–Crippen LogP) is 12.4. The highest BCUT2D eigenvalue weighted by molar-refractivity contribution is 7.47. The van der Waals surface area contributed by atoms with E-state index in [0.29, 0.717) is 19.4 Å². The summed E-state index contributed by atoms with van der Waals surface area (Å²) in [5.74, 6) is 3.79. The molecular weight excluding hydrogens is 781 g/mol. The number of carbonyl (C=O) groups excluding carboxylic acids is 2. The fourth-order valence-corrected chi connectivity index (χ4v) is 8.24. The molecule has 1 unspecified atom stereocenters. The maximum absolute atomic E-state index is 12.7. The lowest BCUT2D eigenvalue weighted by atomic mass is 10.0. The first-order valence-electron chi connectivity index (χ1n) is 23.7. The van der Waals surface area contributed by atoms with E-state index in [4.69, 9.17) is 27.4 Å². The first-order chi connectivity index (χ1) is 28.9. The van der Waals surface area contributed by atoms with Gasteiger partial charge in [0.2, 0.25) is 0 Å². The SMILES string of the molecule is CCCCCc1oc(CCCCCCCCCCC(=O)O[C@H](COC(=O)CCCCCCCCCCc2oc(CCC)c(C)c2C)COP(=O)(O)OCCNC)c(C)c1C. The van der Waals surface area contributed by atoms with Gasteiger partial charge in [-0.3, -0.25) is 18.6 Å². The molecule has 2 rings (SSSR count). The zero-order valence-electron chi connectivity index (χ0n) is 38.9. The van der Waals surface area contributed by atoms with E-state index in [1.165, 1.54) is 85.8 Å². The number of hydrogen-bond donors (Lipinski definition) is 2. The summed E-state index contributed by atoms with van der Waals surface area (Å²) in [5.41, 5.74) is 5.28. The number of unbranched alkanes of at least 4 members (excludes halogenated alkanes) is 16. The first kappa shape index (κ1) is 53.7. The third-order valence-corrected chi connectivity index (χ3v) is 12.6. The number of rotatable bonds is 38. The Balaban J connectivity index is 1.60. The van der Waals surface area contributed by atoms with Crippen molar-refractivity contribution in [3.05, 3.63) is 45.3 Å². The fourth-order valence-electron chi connectivity index (χ4n) is 7.48. The average molecular weight is 866 g/mol. The van der Waals surface area contributed by atoms with E-state index in [1.807, 2.05) is 0 Å². The van der Waals surface area contributed by atoms with Gasteiger partial charge in [0.1, 0.15) is 29.6 Å². The molecule has 0 aliphatic carbocycles. The Hall–Kier alpha value is -2.43. The summed E-state index contributed by atoms with van der Waals surface area (Å²) in [6.07, 6.45) is 25.2. The largest absolute Gasteiger partial charge is 0.472 e. The van der Waals surface area contributed by atoms with Gasteiger partial charge in [-0.2, -0.15) is 0 Å². The van der Waals surface area contributed by atoms with Gasteiger partial charge in [-0.05, 0) is 95.5 Å². The van der Waals surface area contributed by atoms with Crippen LogP contribution in [0.15, 0.2) is 8.83 Å². The number of aryl methyl sites for hydroxylation is 4. The predicted molar refractivity (Wildman–Crippen MR) is 241 cm³/mol. The molecule has 11 nitrogen and oxygen atoms in total. The Morgan fingerprint density at radius 2 is 0.983 bits per heavy atom. The van der Waals surface area contributed by atoms with Crippen LogP contribution in [0.25, 0.3) is 0 Å². The van der Waals surface area contributed by atoms with Gasteiger partial charge in [-0.1, -0.05) is 104 Å². The first-order valence-corrected chi connectivity index (χ1v) is 25.2. The summed E-state index contributed by atoms with van der Waals surface area (Å²) < 4.78 is 45.7. The maximum Gasteiger partial charge on any atom is 0.472 e. The number of carbonyl (C=O) groups is 2. The number of hydrogen-bond acceptors (Lipinski definition) is 10. The van der Waals surface area contributed by atoms with Crippen LogP contribution >= 0.6 is 7.82 Å². The van der Waals surface area contributed by atoms with Crippen molar-refractivity contribution in [1.82, 2.24) is 5.32 Å². The summed E-state index contributed by atoms with van der Waals surface area (Å²) in [7, 11) is -2.68. The molecule has 60 heavy (non-hydrogen) atoms. The highest BCUT2D eigenvalue weighted by atomic mass is 31.2. The molecule has 0 aromatic carbocycles. The molecular formula is C48H84NO10P. The molecule has 2 aromatic rings. The van der Waals surface area contributed by atoms with Crippen LogP contribution in [-0.2, 0) is 58.4 Å². The van der Waals surface area contributed by atoms with E-state index in [0.717, 1.165) is 101 Å². The Morgan fingerprint density at radius 3 is 1.43 bits per heavy atom. The third-order valence-electron chi connectivity index (χ3n) is 11.6. The second-order valence-electron chi connectivity index (χ2n) is 16.8. The van der Waals surface area contributed by atoms with Gasteiger partial charge in [0.05, 0.1) is 13.2 Å². The van der Waals surface area contributed by atoms with E-state index in [1.54, 1.807) is 7.05 Å². The van der Waals surface area contributed by atoms with Gasteiger partial charge in [-0.15, -0.1) is 0 Å². The van der Waals surface area contributed by atoms with Crippen molar-refractivity contribution in [1.29, 1.82) is 0 Å². The fraction of sp³-hybridized carbons (Fsp3) is 0.792. The molecule has 0 fully saturated rings. The van der Waals surface area contributed by atoms with Crippen LogP contribution < -0.4 is 5.32 Å². The van der Waals surface area contributed by atoms with Gasteiger partial charge in [0.15, 0.2) is 6.10 Å². The number of ether oxygens (including phenoxy) is 2. The van der Waals surface area contributed by atoms with Gasteiger partial charge in [0, 0.05) is 45.1 Å². The van der Waals surface area contributed by atoms with Crippen LogP contribution in [0.3, 0.4) is 0 Å². The molecule has 0 aliphatic rings.